The Bertz CT molecular complexity index is 341. The van der Waals surface area contributed by atoms with Crippen molar-refractivity contribution < 1.29 is 5.11 Å². The van der Waals surface area contributed by atoms with Crippen molar-refractivity contribution in [1.82, 2.24) is 0 Å². The number of rotatable bonds is 3. The maximum atomic E-state index is 9.28. The number of aliphatic hydroxyl groups excluding tert-OH is 1. The van der Waals surface area contributed by atoms with E-state index in [-0.39, 0.29) is 5.41 Å². The van der Waals surface area contributed by atoms with Gasteiger partial charge in [0.25, 0.3) is 0 Å². The van der Waals surface area contributed by atoms with Crippen LogP contribution in [0.5, 0.6) is 0 Å². The largest absolute Gasteiger partial charge is 0.396 e. The lowest BCUT2D eigenvalue weighted by atomic mass is 9.91. The van der Waals surface area contributed by atoms with Gasteiger partial charge in [0.15, 0.2) is 0 Å². The summed E-state index contributed by atoms with van der Waals surface area (Å²) >= 11 is 0. The van der Waals surface area contributed by atoms with Crippen LogP contribution < -0.4 is 0 Å². The molecule has 1 aliphatic rings. The van der Waals surface area contributed by atoms with Crippen LogP contribution in [-0.4, -0.2) is 11.7 Å². The van der Waals surface area contributed by atoms with Crippen LogP contribution in [0.3, 0.4) is 0 Å². The van der Waals surface area contributed by atoms with E-state index in [1.807, 2.05) is 0 Å². The topological polar surface area (TPSA) is 20.2 Å². The molecule has 2 rings (SSSR count). The molecular formula is C14H20O. The molecule has 0 saturated heterocycles. The third-order valence-electron chi connectivity index (χ3n) is 3.99. The second-order valence-corrected chi connectivity index (χ2v) is 5.32. The Morgan fingerprint density at radius 1 is 1.40 bits per heavy atom. The van der Waals surface area contributed by atoms with Crippen LogP contribution in [0, 0.1) is 18.3 Å². The highest BCUT2D eigenvalue weighted by Crippen LogP contribution is 2.58. The average Bonchev–Trinajstić information content (AvgIpc) is 2.92. The zero-order valence-electron chi connectivity index (χ0n) is 9.83. The van der Waals surface area contributed by atoms with Crippen LogP contribution in [-0.2, 0) is 0 Å². The molecule has 0 bridgehead atoms. The highest BCUT2D eigenvalue weighted by Gasteiger charge is 2.52. The summed E-state index contributed by atoms with van der Waals surface area (Å²) in [6, 6.07) is 8.78. The zero-order chi connectivity index (χ0) is 11.1. The predicted molar refractivity (Wildman–Crippen MR) is 62.9 cm³/mol. The molecule has 1 aromatic rings. The summed E-state index contributed by atoms with van der Waals surface area (Å²) in [6.45, 7) is 6.90. The molecular weight excluding hydrogens is 184 g/mol. The molecule has 1 aliphatic carbocycles. The lowest BCUT2D eigenvalue weighted by molar-refractivity contribution is 0.207. The van der Waals surface area contributed by atoms with Gasteiger partial charge in [-0.3, -0.25) is 0 Å². The Kier molecular flexibility index (Phi) is 2.59. The number of hydrogen-bond donors (Lipinski definition) is 1. The number of aliphatic hydroxyl groups is 1. The van der Waals surface area contributed by atoms with E-state index in [2.05, 4.69) is 45.0 Å². The van der Waals surface area contributed by atoms with E-state index < -0.39 is 0 Å². The Morgan fingerprint density at radius 2 is 2.00 bits per heavy atom. The Hall–Kier alpha value is -0.820. The molecule has 0 heterocycles. The molecule has 2 unspecified atom stereocenters. The summed E-state index contributed by atoms with van der Waals surface area (Å²) in [5.41, 5.74) is 2.90. The lowest BCUT2D eigenvalue weighted by Crippen LogP contribution is -2.08. The molecule has 1 aromatic carbocycles. The summed E-state index contributed by atoms with van der Waals surface area (Å²) in [4.78, 5) is 0. The van der Waals surface area contributed by atoms with Crippen molar-refractivity contribution in [2.75, 3.05) is 6.61 Å². The van der Waals surface area contributed by atoms with Crippen molar-refractivity contribution >= 4 is 0 Å². The van der Waals surface area contributed by atoms with E-state index in [9.17, 15) is 5.11 Å². The molecule has 0 amide bonds. The minimum atomic E-state index is 0.185. The van der Waals surface area contributed by atoms with E-state index in [0.717, 1.165) is 0 Å². The maximum absolute atomic E-state index is 9.28. The van der Waals surface area contributed by atoms with Crippen LogP contribution in [0.4, 0.5) is 0 Å². The molecule has 0 radical (unpaired) electrons. The standard InChI is InChI=1S/C14H20O/c1-10-4-6-12(7-5-10)11(2)13-8-14(13,3)9-15/h4-7,11,13,15H,8-9H2,1-3H3/t11?,13?,14-/m0/s1. The third-order valence-corrected chi connectivity index (χ3v) is 3.99. The van der Waals surface area contributed by atoms with E-state index in [1.165, 1.54) is 17.5 Å². The predicted octanol–water partition coefficient (Wildman–Crippen LogP) is 3.12. The van der Waals surface area contributed by atoms with Crippen molar-refractivity contribution in [2.45, 2.75) is 33.1 Å². The highest BCUT2D eigenvalue weighted by molar-refractivity contribution is 5.26. The van der Waals surface area contributed by atoms with Crippen LogP contribution in [0.15, 0.2) is 24.3 Å². The molecule has 82 valence electrons. The van der Waals surface area contributed by atoms with Crippen molar-refractivity contribution in [3.05, 3.63) is 35.4 Å². The fourth-order valence-electron chi connectivity index (χ4n) is 2.51. The molecule has 1 N–H and O–H groups in total. The van der Waals surface area contributed by atoms with Crippen LogP contribution in [0.25, 0.3) is 0 Å². The third kappa shape index (κ3) is 1.93. The van der Waals surface area contributed by atoms with Gasteiger partial charge in [-0.05, 0) is 36.2 Å². The zero-order valence-corrected chi connectivity index (χ0v) is 9.83. The maximum Gasteiger partial charge on any atom is 0.0487 e. The molecule has 0 aliphatic heterocycles. The van der Waals surface area contributed by atoms with Gasteiger partial charge >= 0.3 is 0 Å². The summed E-state index contributed by atoms with van der Waals surface area (Å²) in [6.07, 6.45) is 1.17. The van der Waals surface area contributed by atoms with Gasteiger partial charge in [0.05, 0.1) is 0 Å². The van der Waals surface area contributed by atoms with E-state index >= 15 is 0 Å². The van der Waals surface area contributed by atoms with Crippen molar-refractivity contribution in [3.63, 3.8) is 0 Å². The highest BCUT2D eigenvalue weighted by atomic mass is 16.3. The summed E-state index contributed by atoms with van der Waals surface area (Å²) in [7, 11) is 0. The Morgan fingerprint density at radius 3 is 2.47 bits per heavy atom. The van der Waals surface area contributed by atoms with Crippen molar-refractivity contribution in [3.8, 4) is 0 Å². The molecule has 0 aromatic heterocycles. The van der Waals surface area contributed by atoms with Gasteiger partial charge in [-0.25, -0.2) is 0 Å². The second kappa shape index (κ2) is 3.64. The van der Waals surface area contributed by atoms with Crippen molar-refractivity contribution in [1.29, 1.82) is 0 Å². The van der Waals surface area contributed by atoms with Crippen LogP contribution in [0.2, 0.25) is 0 Å². The molecule has 0 spiro atoms. The van der Waals surface area contributed by atoms with E-state index in [4.69, 9.17) is 0 Å². The molecule has 3 atom stereocenters. The van der Waals surface area contributed by atoms with Gasteiger partial charge in [0, 0.05) is 6.61 Å². The number of benzene rings is 1. The van der Waals surface area contributed by atoms with Gasteiger partial charge in [0.2, 0.25) is 0 Å². The number of hydrogen-bond acceptors (Lipinski definition) is 1. The molecule has 1 saturated carbocycles. The van der Waals surface area contributed by atoms with Gasteiger partial charge in [-0.15, -0.1) is 0 Å². The summed E-state index contributed by atoms with van der Waals surface area (Å²) in [5, 5.41) is 9.28. The van der Waals surface area contributed by atoms with E-state index in [0.29, 0.717) is 18.4 Å². The van der Waals surface area contributed by atoms with E-state index in [1.54, 1.807) is 0 Å². The lowest BCUT2D eigenvalue weighted by Gasteiger charge is -2.15. The van der Waals surface area contributed by atoms with Gasteiger partial charge in [-0.2, -0.15) is 0 Å². The van der Waals surface area contributed by atoms with Gasteiger partial charge in [0.1, 0.15) is 0 Å². The van der Waals surface area contributed by atoms with Gasteiger partial charge < -0.3 is 5.11 Å². The first-order valence-corrected chi connectivity index (χ1v) is 5.74. The smallest absolute Gasteiger partial charge is 0.0487 e. The minimum absolute atomic E-state index is 0.185. The fraction of sp³-hybridized carbons (Fsp3) is 0.571. The second-order valence-electron chi connectivity index (χ2n) is 5.32. The number of aryl methyl sites for hydroxylation is 1. The minimum Gasteiger partial charge on any atom is -0.396 e. The summed E-state index contributed by atoms with van der Waals surface area (Å²) < 4.78 is 0. The SMILES string of the molecule is Cc1ccc(C(C)C2C[C@@]2(C)CO)cc1. The molecule has 1 heteroatoms. The molecule has 15 heavy (non-hydrogen) atoms. The molecule has 1 fully saturated rings. The first kappa shape index (κ1) is 10.7. The van der Waals surface area contributed by atoms with Gasteiger partial charge in [-0.1, -0.05) is 43.7 Å². The Labute approximate surface area is 92.1 Å². The average molecular weight is 204 g/mol. The monoisotopic (exact) mass is 204 g/mol. The Balaban J connectivity index is 2.10. The quantitative estimate of drug-likeness (QED) is 0.802. The van der Waals surface area contributed by atoms with Crippen LogP contribution in [0.1, 0.15) is 37.3 Å². The normalized spacial score (nSPS) is 31.3. The fourth-order valence-corrected chi connectivity index (χ4v) is 2.51. The van der Waals surface area contributed by atoms with Crippen LogP contribution >= 0.6 is 0 Å². The first-order valence-electron chi connectivity index (χ1n) is 5.74. The first-order chi connectivity index (χ1) is 7.07. The van der Waals surface area contributed by atoms with Crippen molar-refractivity contribution in [2.24, 2.45) is 11.3 Å². The summed E-state index contributed by atoms with van der Waals surface area (Å²) in [5.74, 6) is 1.23. The molecule has 1 nitrogen and oxygen atoms in total.